The van der Waals surface area contributed by atoms with Gasteiger partial charge in [-0.05, 0) is 60.7 Å². The highest BCUT2D eigenvalue weighted by atomic mass is 16.5. The van der Waals surface area contributed by atoms with Crippen LogP contribution in [0.3, 0.4) is 0 Å². The molecule has 0 radical (unpaired) electrons. The molecule has 2 heterocycles. The van der Waals surface area contributed by atoms with E-state index in [4.69, 9.17) is 9.47 Å². The summed E-state index contributed by atoms with van der Waals surface area (Å²) in [5.74, 6) is -3.41. The van der Waals surface area contributed by atoms with Crippen LogP contribution in [0.1, 0.15) is 62.1 Å². The van der Waals surface area contributed by atoms with E-state index in [-0.39, 0.29) is 44.9 Å². The molecule has 0 saturated carbocycles. The minimum atomic E-state index is -0.745. The summed E-state index contributed by atoms with van der Waals surface area (Å²) < 4.78 is 10.5. The van der Waals surface area contributed by atoms with Crippen molar-refractivity contribution >= 4 is 35.6 Å². The molecule has 0 bridgehead atoms. The molecule has 3 aromatic rings. The lowest BCUT2D eigenvalue weighted by Gasteiger charge is -2.08. The second kappa shape index (κ2) is 7.78. The summed E-state index contributed by atoms with van der Waals surface area (Å²) in [6.45, 7) is 0. The van der Waals surface area contributed by atoms with Crippen LogP contribution in [0.4, 0.5) is 0 Å². The Bertz CT molecular complexity index is 1350. The lowest BCUT2D eigenvalue weighted by molar-refractivity contribution is 0.0719. The third kappa shape index (κ3) is 3.58. The number of imide groups is 2. The summed E-state index contributed by atoms with van der Waals surface area (Å²) in [4.78, 5) is 71.6. The van der Waals surface area contributed by atoms with Crippen LogP contribution in [0.2, 0.25) is 0 Å². The topological polar surface area (TPSA) is 145 Å². The van der Waals surface area contributed by atoms with Gasteiger partial charge in [0.15, 0.2) is 0 Å². The van der Waals surface area contributed by atoms with Crippen molar-refractivity contribution in [3.63, 3.8) is 0 Å². The van der Waals surface area contributed by atoms with E-state index in [1.165, 1.54) is 60.7 Å². The Morgan fingerprint density at radius 2 is 0.853 bits per heavy atom. The average molecular weight is 456 g/mol. The molecule has 3 aromatic carbocycles. The molecule has 0 aromatic heterocycles. The van der Waals surface area contributed by atoms with E-state index in [9.17, 15) is 28.8 Å². The molecule has 10 nitrogen and oxygen atoms in total. The van der Waals surface area contributed by atoms with Crippen LogP contribution in [0.5, 0.6) is 11.5 Å². The van der Waals surface area contributed by atoms with Crippen LogP contribution in [-0.4, -0.2) is 35.6 Å². The molecule has 0 aliphatic carbocycles. The number of rotatable bonds is 4. The number of amides is 4. The Morgan fingerprint density at radius 3 is 1.24 bits per heavy atom. The van der Waals surface area contributed by atoms with Gasteiger partial charge in [-0.1, -0.05) is 0 Å². The number of carbonyl (C=O) groups is 6. The van der Waals surface area contributed by atoms with Gasteiger partial charge in [-0.25, -0.2) is 9.59 Å². The number of benzene rings is 3. The number of fused-ring (bicyclic) bond motifs is 2. The van der Waals surface area contributed by atoms with E-state index < -0.39 is 35.6 Å². The van der Waals surface area contributed by atoms with Crippen LogP contribution >= 0.6 is 0 Å². The minimum Gasteiger partial charge on any atom is -0.423 e. The van der Waals surface area contributed by atoms with Crippen molar-refractivity contribution < 1.29 is 38.2 Å². The molecule has 0 atom stereocenters. The smallest absolute Gasteiger partial charge is 0.343 e. The van der Waals surface area contributed by atoms with E-state index in [1.807, 2.05) is 0 Å². The Morgan fingerprint density at radius 1 is 0.500 bits per heavy atom. The first-order valence-electron chi connectivity index (χ1n) is 9.84. The first kappa shape index (κ1) is 20.8. The molecule has 2 aliphatic rings. The molecular formula is C24H12N2O8. The van der Waals surface area contributed by atoms with Crippen LogP contribution in [-0.2, 0) is 0 Å². The number of esters is 2. The fourth-order valence-corrected chi connectivity index (χ4v) is 3.50. The molecule has 166 valence electrons. The first-order chi connectivity index (χ1) is 16.3. The SMILES string of the molecule is O=C(Oc1ccc(OC(=O)c2ccc3c(c2)C(=O)NC3=O)cc1)c1ccc2c(c1)C(=O)NC2=O. The quantitative estimate of drug-likeness (QED) is 0.344. The first-order valence-corrected chi connectivity index (χ1v) is 9.84. The number of hydrogen-bond acceptors (Lipinski definition) is 8. The van der Waals surface area contributed by atoms with Gasteiger partial charge < -0.3 is 9.47 Å². The molecule has 0 spiro atoms. The molecule has 0 unspecified atom stereocenters. The van der Waals surface area contributed by atoms with Crippen LogP contribution in [0.25, 0.3) is 0 Å². The normalized spacial score (nSPS) is 13.6. The van der Waals surface area contributed by atoms with Gasteiger partial charge in [0.2, 0.25) is 0 Å². The third-order valence-electron chi connectivity index (χ3n) is 5.19. The fraction of sp³-hybridized carbons (Fsp3) is 0. The Hall–Kier alpha value is -5.12. The standard InChI is InChI=1S/C24H12N2O8/c27-19-15-7-1-11(9-17(15)21(29)25-19)23(31)33-13-3-5-14(6-4-13)34-24(32)12-2-8-16-18(10-12)22(30)26-20(16)28/h1-10H,(H,25,27,29)(H,26,28,30). The third-order valence-corrected chi connectivity index (χ3v) is 5.19. The number of carbonyl (C=O) groups excluding carboxylic acids is 6. The molecule has 0 fully saturated rings. The highest BCUT2D eigenvalue weighted by Gasteiger charge is 2.29. The van der Waals surface area contributed by atoms with Crippen molar-refractivity contribution in [2.24, 2.45) is 0 Å². The van der Waals surface area contributed by atoms with Crippen molar-refractivity contribution in [2.45, 2.75) is 0 Å². The minimum absolute atomic E-state index is 0.0817. The summed E-state index contributed by atoms with van der Waals surface area (Å²) in [5, 5.41) is 4.28. The second-order valence-corrected chi connectivity index (χ2v) is 7.34. The Balaban J connectivity index is 1.26. The van der Waals surface area contributed by atoms with Gasteiger partial charge in [0.25, 0.3) is 23.6 Å². The summed E-state index contributed by atoms with van der Waals surface area (Å²) in [5.41, 5.74) is 0.716. The molecule has 34 heavy (non-hydrogen) atoms. The van der Waals surface area contributed by atoms with Crippen molar-refractivity contribution in [2.75, 3.05) is 0 Å². The zero-order valence-electron chi connectivity index (χ0n) is 17.0. The number of nitrogens with one attached hydrogen (secondary N) is 2. The lowest BCUT2D eigenvalue weighted by atomic mass is 10.1. The highest BCUT2D eigenvalue weighted by molar-refractivity contribution is 6.22. The van der Waals surface area contributed by atoms with Gasteiger partial charge >= 0.3 is 11.9 Å². The van der Waals surface area contributed by atoms with Gasteiger partial charge in [-0.2, -0.15) is 0 Å². The number of hydrogen-bond donors (Lipinski definition) is 2. The van der Waals surface area contributed by atoms with Crippen LogP contribution < -0.4 is 20.1 Å². The van der Waals surface area contributed by atoms with Gasteiger partial charge in [-0.15, -0.1) is 0 Å². The van der Waals surface area contributed by atoms with Gasteiger partial charge in [0, 0.05) is 0 Å². The monoisotopic (exact) mass is 456 g/mol. The summed E-state index contributed by atoms with van der Waals surface area (Å²) in [7, 11) is 0. The van der Waals surface area contributed by atoms with E-state index in [0.717, 1.165) is 0 Å². The Labute approximate surface area is 190 Å². The van der Waals surface area contributed by atoms with E-state index in [2.05, 4.69) is 10.6 Å². The lowest BCUT2D eigenvalue weighted by Crippen LogP contribution is -2.19. The molecule has 2 aliphatic heterocycles. The maximum absolute atomic E-state index is 12.4. The molecule has 2 N–H and O–H groups in total. The van der Waals surface area contributed by atoms with E-state index in [1.54, 1.807) is 0 Å². The largest absolute Gasteiger partial charge is 0.423 e. The molecule has 4 amide bonds. The summed E-state index contributed by atoms with van der Waals surface area (Å²) >= 11 is 0. The second-order valence-electron chi connectivity index (χ2n) is 7.34. The predicted octanol–water partition coefficient (Wildman–Crippen LogP) is 1.89. The van der Waals surface area contributed by atoms with Crippen molar-refractivity contribution in [1.82, 2.24) is 10.6 Å². The maximum atomic E-state index is 12.4. The van der Waals surface area contributed by atoms with Crippen molar-refractivity contribution in [1.29, 1.82) is 0 Å². The maximum Gasteiger partial charge on any atom is 0.343 e. The molecule has 10 heteroatoms. The van der Waals surface area contributed by atoms with Gasteiger partial charge in [0.1, 0.15) is 11.5 Å². The number of ether oxygens (including phenoxy) is 2. The predicted molar refractivity (Wildman–Crippen MR) is 113 cm³/mol. The molecule has 5 rings (SSSR count). The zero-order chi connectivity index (χ0) is 24.0. The summed E-state index contributed by atoms with van der Waals surface area (Å²) in [6.07, 6.45) is 0. The Kier molecular flexibility index (Phi) is 4.75. The van der Waals surface area contributed by atoms with Gasteiger partial charge in [0.05, 0.1) is 33.4 Å². The summed E-state index contributed by atoms with van der Waals surface area (Å²) in [6, 6.07) is 13.6. The highest BCUT2D eigenvalue weighted by Crippen LogP contribution is 2.23. The van der Waals surface area contributed by atoms with Crippen molar-refractivity contribution in [3.8, 4) is 11.5 Å². The zero-order valence-corrected chi connectivity index (χ0v) is 17.0. The molecule has 0 saturated heterocycles. The van der Waals surface area contributed by atoms with Crippen molar-refractivity contribution in [3.05, 3.63) is 94.0 Å². The van der Waals surface area contributed by atoms with E-state index >= 15 is 0 Å². The fourth-order valence-electron chi connectivity index (χ4n) is 3.50. The van der Waals surface area contributed by atoms with Crippen LogP contribution in [0.15, 0.2) is 60.7 Å². The van der Waals surface area contributed by atoms with E-state index in [0.29, 0.717) is 0 Å². The van der Waals surface area contributed by atoms with Gasteiger partial charge in [-0.3, -0.25) is 29.8 Å². The average Bonchev–Trinajstić information content (AvgIpc) is 3.28. The van der Waals surface area contributed by atoms with Crippen LogP contribution in [0, 0.1) is 0 Å². The molecular weight excluding hydrogens is 444 g/mol.